The number of rotatable bonds is 5. The molecule has 1 saturated heterocycles. The summed E-state index contributed by atoms with van der Waals surface area (Å²) in [5.74, 6) is 0.0638. The first-order valence-corrected chi connectivity index (χ1v) is 4.80. The molecule has 1 heterocycles. The molecule has 3 nitrogen and oxygen atoms in total. The Hall–Kier alpha value is -0.670. The van der Waals surface area contributed by atoms with E-state index in [1.54, 1.807) is 0 Å². The minimum atomic E-state index is 0.0638. The van der Waals surface area contributed by atoms with Crippen LogP contribution in [0.3, 0.4) is 0 Å². The van der Waals surface area contributed by atoms with Gasteiger partial charge in [-0.15, -0.1) is 0 Å². The van der Waals surface area contributed by atoms with Gasteiger partial charge in [-0.05, 0) is 32.0 Å². The Balaban J connectivity index is 2.04. The third-order valence-corrected chi connectivity index (χ3v) is 2.22. The van der Waals surface area contributed by atoms with Crippen LogP contribution in [0, 0.1) is 0 Å². The smallest absolute Gasteiger partial charge is 0.157 e. The molecule has 0 spiro atoms. The van der Waals surface area contributed by atoms with E-state index >= 15 is 0 Å². The number of nitrogens with one attached hydrogen (secondary N) is 1. The van der Waals surface area contributed by atoms with E-state index in [0.717, 1.165) is 25.9 Å². The molecule has 1 fully saturated rings. The van der Waals surface area contributed by atoms with Crippen molar-refractivity contribution in [1.82, 2.24) is 5.32 Å². The second-order valence-electron chi connectivity index (χ2n) is 3.24. The lowest BCUT2D eigenvalue weighted by molar-refractivity contribution is -0.116. The van der Waals surface area contributed by atoms with Crippen molar-refractivity contribution in [3.05, 3.63) is 12.7 Å². The van der Waals surface area contributed by atoms with E-state index in [1.165, 1.54) is 6.08 Å². The van der Waals surface area contributed by atoms with Crippen LogP contribution in [0.25, 0.3) is 0 Å². The van der Waals surface area contributed by atoms with Crippen molar-refractivity contribution in [2.75, 3.05) is 19.7 Å². The summed E-state index contributed by atoms with van der Waals surface area (Å²) in [7, 11) is 0. The molecule has 3 heteroatoms. The van der Waals surface area contributed by atoms with Crippen molar-refractivity contribution in [2.45, 2.75) is 25.4 Å². The van der Waals surface area contributed by atoms with Crippen LogP contribution in [0.15, 0.2) is 12.7 Å². The van der Waals surface area contributed by atoms with Gasteiger partial charge >= 0.3 is 0 Å². The van der Waals surface area contributed by atoms with Crippen molar-refractivity contribution in [1.29, 1.82) is 0 Å². The van der Waals surface area contributed by atoms with Crippen molar-refractivity contribution < 1.29 is 9.53 Å². The summed E-state index contributed by atoms with van der Waals surface area (Å²) in [6.45, 7) is 6.00. The highest BCUT2D eigenvalue weighted by Gasteiger charge is 2.12. The lowest BCUT2D eigenvalue weighted by Gasteiger charge is -2.22. The maximum Gasteiger partial charge on any atom is 0.157 e. The second-order valence-corrected chi connectivity index (χ2v) is 3.24. The summed E-state index contributed by atoms with van der Waals surface area (Å²) < 4.78 is 5.55. The molecular formula is C10H17NO2. The van der Waals surface area contributed by atoms with Crippen molar-refractivity contribution in [2.24, 2.45) is 0 Å². The molecule has 0 aromatic carbocycles. The van der Waals surface area contributed by atoms with Crippen LogP contribution in [0.4, 0.5) is 0 Å². The molecule has 0 aromatic heterocycles. The van der Waals surface area contributed by atoms with Gasteiger partial charge in [0.2, 0.25) is 0 Å². The predicted octanol–water partition coefficient (Wildman–Crippen LogP) is 0.900. The van der Waals surface area contributed by atoms with E-state index in [1.807, 2.05) is 0 Å². The highest BCUT2D eigenvalue weighted by Crippen LogP contribution is 2.07. The first-order valence-electron chi connectivity index (χ1n) is 4.80. The zero-order valence-electron chi connectivity index (χ0n) is 7.92. The molecule has 13 heavy (non-hydrogen) atoms. The van der Waals surface area contributed by atoms with Gasteiger partial charge in [0.15, 0.2) is 5.78 Å². The summed E-state index contributed by atoms with van der Waals surface area (Å²) in [5.41, 5.74) is 0. The normalized spacial score (nSPS) is 18.5. The molecule has 1 aliphatic heterocycles. The summed E-state index contributed by atoms with van der Waals surface area (Å²) in [6, 6.07) is 0. The number of hydrogen-bond acceptors (Lipinski definition) is 3. The third-order valence-electron chi connectivity index (χ3n) is 2.22. The van der Waals surface area contributed by atoms with E-state index in [4.69, 9.17) is 4.74 Å². The van der Waals surface area contributed by atoms with E-state index in [-0.39, 0.29) is 5.78 Å². The molecule has 1 rings (SSSR count). The van der Waals surface area contributed by atoms with E-state index in [9.17, 15) is 4.79 Å². The number of hydrogen-bond donors (Lipinski definition) is 1. The molecule has 0 aromatic rings. The highest BCUT2D eigenvalue weighted by atomic mass is 16.5. The van der Waals surface area contributed by atoms with Crippen LogP contribution in [-0.2, 0) is 9.53 Å². The maximum atomic E-state index is 10.8. The monoisotopic (exact) mass is 183 g/mol. The molecule has 0 amide bonds. The minimum Gasteiger partial charge on any atom is -0.378 e. The average molecular weight is 183 g/mol. The Kier molecular flexibility index (Phi) is 4.72. The van der Waals surface area contributed by atoms with Crippen molar-refractivity contribution in [3.8, 4) is 0 Å². The number of ketones is 1. The van der Waals surface area contributed by atoms with Crippen LogP contribution in [0.5, 0.6) is 0 Å². The van der Waals surface area contributed by atoms with Crippen LogP contribution >= 0.6 is 0 Å². The topological polar surface area (TPSA) is 38.3 Å². The zero-order chi connectivity index (χ0) is 9.52. The standard InChI is InChI=1S/C10H17NO2/c1-2-9(12)5-8-13-10-3-6-11-7-4-10/h2,10-11H,1,3-8H2. The van der Waals surface area contributed by atoms with Gasteiger partial charge in [-0.2, -0.15) is 0 Å². The first kappa shape index (κ1) is 10.4. The third kappa shape index (κ3) is 4.20. The van der Waals surface area contributed by atoms with Gasteiger partial charge < -0.3 is 10.1 Å². The molecule has 0 unspecified atom stereocenters. The Labute approximate surface area is 79.2 Å². The molecule has 1 aliphatic rings. The molecule has 1 N–H and O–H groups in total. The molecular weight excluding hydrogens is 166 g/mol. The molecule has 0 radical (unpaired) electrons. The maximum absolute atomic E-state index is 10.8. The van der Waals surface area contributed by atoms with Crippen molar-refractivity contribution in [3.63, 3.8) is 0 Å². The molecule has 0 saturated carbocycles. The zero-order valence-corrected chi connectivity index (χ0v) is 7.92. The van der Waals surface area contributed by atoms with E-state index < -0.39 is 0 Å². The van der Waals surface area contributed by atoms with Gasteiger partial charge in [0.1, 0.15) is 0 Å². The Morgan fingerprint density at radius 1 is 1.54 bits per heavy atom. The van der Waals surface area contributed by atoms with E-state index in [0.29, 0.717) is 19.1 Å². The van der Waals surface area contributed by atoms with Gasteiger partial charge in [0, 0.05) is 6.42 Å². The van der Waals surface area contributed by atoms with Crippen LogP contribution < -0.4 is 5.32 Å². The molecule has 0 aliphatic carbocycles. The van der Waals surface area contributed by atoms with Gasteiger partial charge in [-0.25, -0.2) is 0 Å². The second kappa shape index (κ2) is 5.89. The lowest BCUT2D eigenvalue weighted by Crippen LogP contribution is -2.32. The number of allylic oxidation sites excluding steroid dienone is 1. The van der Waals surface area contributed by atoms with Crippen LogP contribution in [0.1, 0.15) is 19.3 Å². The molecule has 0 atom stereocenters. The van der Waals surface area contributed by atoms with Crippen LogP contribution in [-0.4, -0.2) is 31.6 Å². The average Bonchev–Trinajstić information content (AvgIpc) is 2.19. The summed E-state index contributed by atoms with van der Waals surface area (Å²) >= 11 is 0. The summed E-state index contributed by atoms with van der Waals surface area (Å²) in [5, 5.41) is 3.26. The summed E-state index contributed by atoms with van der Waals surface area (Å²) in [4.78, 5) is 10.8. The number of carbonyl (C=O) groups excluding carboxylic acids is 1. The van der Waals surface area contributed by atoms with Gasteiger partial charge in [-0.3, -0.25) is 4.79 Å². The largest absolute Gasteiger partial charge is 0.378 e. The Bertz CT molecular complexity index is 174. The van der Waals surface area contributed by atoms with Crippen LogP contribution in [0.2, 0.25) is 0 Å². The van der Waals surface area contributed by atoms with Crippen molar-refractivity contribution >= 4 is 5.78 Å². The highest BCUT2D eigenvalue weighted by molar-refractivity contribution is 5.89. The van der Waals surface area contributed by atoms with Gasteiger partial charge in [0.25, 0.3) is 0 Å². The number of piperidine rings is 1. The summed E-state index contributed by atoms with van der Waals surface area (Å²) in [6.07, 6.45) is 4.28. The lowest BCUT2D eigenvalue weighted by atomic mass is 10.1. The fourth-order valence-electron chi connectivity index (χ4n) is 1.39. The van der Waals surface area contributed by atoms with Gasteiger partial charge in [0.05, 0.1) is 12.7 Å². The molecule has 0 bridgehead atoms. The minimum absolute atomic E-state index is 0.0638. The molecule has 74 valence electrons. The fraction of sp³-hybridized carbons (Fsp3) is 0.700. The quantitative estimate of drug-likeness (QED) is 0.644. The fourth-order valence-corrected chi connectivity index (χ4v) is 1.39. The SMILES string of the molecule is C=CC(=O)CCOC1CCNCC1. The van der Waals surface area contributed by atoms with E-state index in [2.05, 4.69) is 11.9 Å². The van der Waals surface area contributed by atoms with Gasteiger partial charge in [-0.1, -0.05) is 6.58 Å². The Morgan fingerprint density at radius 3 is 2.85 bits per heavy atom. The predicted molar refractivity (Wildman–Crippen MR) is 51.7 cm³/mol. The first-order chi connectivity index (χ1) is 6.33. The number of carbonyl (C=O) groups is 1. The number of ether oxygens (including phenoxy) is 1. The Morgan fingerprint density at radius 2 is 2.23 bits per heavy atom.